The Morgan fingerprint density at radius 3 is 2.55 bits per heavy atom. The molecule has 29 heavy (non-hydrogen) atoms. The molecule has 0 spiro atoms. The maximum atomic E-state index is 12.3. The van der Waals surface area contributed by atoms with Gasteiger partial charge in [-0.05, 0) is 27.7 Å². The van der Waals surface area contributed by atoms with Crippen molar-refractivity contribution in [3.05, 3.63) is 51.4 Å². The summed E-state index contributed by atoms with van der Waals surface area (Å²) < 4.78 is 5.15. The van der Waals surface area contributed by atoms with Crippen LogP contribution in [0.2, 0.25) is 0 Å². The topological polar surface area (TPSA) is 126 Å². The molecule has 0 radical (unpaired) electrons. The summed E-state index contributed by atoms with van der Waals surface area (Å²) >= 11 is 0. The lowest BCUT2D eigenvalue weighted by atomic mass is 10.2. The number of hydrogen-bond acceptors (Lipinski definition) is 6. The molecule has 0 aliphatic carbocycles. The third-order valence-electron chi connectivity index (χ3n) is 4.83. The average Bonchev–Trinajstić information content (AvgIpc) is 3.32. The highest BCUT2D eigenvalue weighted by molar-refractivity contribution is 5.90. The summed E-state index contributed by atoms with van der Waals surface area (Å²) in [6.45, 7) is 8.90. The summed E-state index contributed by atoms with van der Waals surface area (Å²) in [6, 6.07) is 0. The van der Waals surface area contributed by atoms with E-state index >= 15 is 0 Å². The average molecular weight is 400 g/mol. The third-order valence-corrected chi connectivity index (χ3v) is 4.83. The molecule has 0 atom stereocenters. The van der Waals surface area contributed by atoms with Gasteiger partial charge in [-0.2, -0.15) is 15.3 Å². The summed E-state index contributed by atoms with van der Waals surface area (Å²) in [5.74, 6) is -0.213. The van der Waals surface area contributed by atoms with Crippen LogP contribution in [0.5, 0.6) is 0 Å². The number of nitro groups is 1. The first-order valence-corrected chi connectivity index (χ1v) is 9.32. The number of carbonyl (C=O) groups excluding carboxylic acids is 1. The van der Waals surface area contributed by atoms with Gasteiger partial charge in [0.25, 0.3) is 0 Å². The van der Waals surface area contributed by atoms with E-state index in [1.807, 2.05) is 24.7 Å². The maximum Gasteiger partial charge on any atom is 0.312 e. The fraction of sp³-hybridized carbons (Fsp3) is 0.444. The molecule has 0 aromatic carbocycles. The lowest BCUT2D eigenvalue weighted by molar-refractivity contribution is -0.386. The Balaban J connectivity index is 1.57. The van der Waals surface area contributed by atoms with Crippen LogP contribution in [0.15, 0.2) is 18.6 Å². The molecule has 11 heteroatoms. The SMILES string of the molecule is CCn1ncc(Cn2cc(NC(=O)CCn3nc(C)c([N+](=O)[O-])c3C)cn2)c1C. The molecule has 1 N–H and O–H groups in total. The summed E-state index contributed by atoms with van der Waals surface area (Å²) in [5, 5.41) is 26.6. The molecule has 0 aliphatic rings. The molecule has 0 unspecified atom stereocenters. The predicted octanol–water partition coefficient (Wildman–Crippen LogP) is 2.21. The van der Waals surface area contributed by atoms with Crippen LogP contribution in [-0.2, 0) is 24.4 Å². The molecular weight excluding hydrogens is 376 g/mol. The molecule has 0 saturated heterocycles. The van der Waals surface area contributed by atoms with Gasteiger partial charge in [0.2, 0.25) is 5.91 Å². The van der Waals surface area contributed by atoms with Crippen molar-refractivity contribution in [2.45, 2.75) is 53.8 Å². The fourth-order valence-electron chi connectivity index (χ4n) is 3.25. The van der Waals surface area contributed by atoms with Crippen LogP contribution in [0.1, 0.15) is 36.0 Å². The van der Waals surface area contributed by atoms with Crippen LogP contribution in [-0.4, -0.2) is 40.2 Å². The minimum Gasteiger partial charge on any atom is -0.323 e. The molecule has 0 aliphatic heterocycles. The third kappa shape index (κ3) is 4.33. The molecule has 3 rings (SSSR count). The summed E-state index contributed by atoms with van der Waals surface area (Å²) in [5.41, 5.74) is 3.53. The number of nitrogens with one attached hydrogen (secondary N) is 1. The van der Waals surface area contributed by atoms with Crippen molar-refractivity contribution < 1.29 is 9.72 Å². The van der Waals surface area contributed by atoms with E-state index in [9.17, 15) is 14.9 Å². The molecule has 3 heterocycles. The minimum atomic E-state index is -0.450. The predicted molar refractivity (Wildman–Crippen MR) is 106 cm³/mol. The molecule has 1 amide bonds. The van der Waals surface area contributed by atoms with Crippen LogP contribution >= 0.6 is 0 Å². The smallest absolute Gasteiger partial charge is 0.312 e. The molecule has 0 bridgehead atoms. The summed E-state index contributed by atoms with van der Waals surface area (Å²) in [6.07, 6.45) is 5.32. The Morgan fingerprint density at radius 1 is 1.17 bits per heavy atom. The largest absolute Gasteiger partial charge is 0.323 e. The van der Waals surface area contributed by atoms with Gasteiger partial charge in [-0.25, -0.2) is 0 Å². The van der Waals surface area contributed by atoms with E-state index in [4.69, 9.17) is 0 Å². The van der Waals surface area contributed by atoms with Crippen molar-refractivity contribution >= 4 is 17.3 Å². The highest BCUT2D eigenvalue weighted by Gasteiger charge is 2.21. The van der Waals surface area contributed by atoms with Gasteiger partial charge in [0.05, 0.1) is 36.1 Å². The lowest BCUT2D eigenvalue weighted by Crippen LogP contribution is -2.15. The molecule has 0 fully saturated rings. The van der Waals surface area contributed by atoms with Gasteiger partial charge < -0.3 is 5.32 Å². The van der Waals surface area contributed by atoms with Crippen LogP contribution in [0.25, 0.3) is 0 Å². The first kappa shape index (κ1) is 20.2. The van der Waals surface area contributed by atoms with Crippen molar-refractivity contribution in [3.63, 3.8) is 0 Å². The second-order valence-electron chi connectivity index (χ2n) is 6.80. The first-order valence-electron chi connectivity index (χ1n) is 9.32. The van der Waals surface area contributed by atoms with Crippen LogP contribution < -0.4 is 5.32 Å². The number of nitrogens with zero attached hydrogens (tertiary/aromatic N) is 7. The monoisotopic (exact) mass is 400 g/mol. The number of hydrogen-bond donors (Lipinski definition) is 1. The maximum absolute atomic E-state index is 12.3. The molecule has 3 aromatic heterocycles. The quantitative estimate of drug-likeness (QED) is 0.456. The second kappa shape index (κ2) is 8.25. The standard InChI is InChI=1S/C18H24N8O3/c1-5-24-13(3)15(8-20-24)10-23-11-16(9-19-23)21-17(27)6-7-25-14(4)18(26(28)29)12(2)22-25/h8-9,11H,5-7,10H2,1-4H3,(H,21,27). The fourth-order valence-corrected chi connectivity index (χ4v) is 3.25. The lowest BCUT2D eigenvalue weighted by Gasteiger charge is -2.05. The molecule has 154 valence electrons. The van der Waals surface area contributed by atoms with Crippen molar-refractivity contribution in [3.8, 4) is 0 Å². The van der Waals surface area contributed by atoms with Gasteiger partial charge in [-0.15, -0.1) is 0 Å². The number of rotatable bonds is 8. The van der Waals surface area contributed by atoms with Crippen LogP contribution in [0, 0.1) is 30.9 Å². The number of anilines is 1. The van der Waals surface area contributed by atoms with E-state index in [1.54, 1.807) is 30.9 Å². The Labute approximate surface area is 167 Å². The van der Waals surface area contributed by atoms with E-state index in [2.05, 4.69) is 20.6 Å². The number of aryl methyl sites for hydroxylation is 3. The molecule has 0 saturated carbocycles. The highest BCUT2D eigenvalue weighted by atomic mass is 16.6. The van der Waals surface area contributed by atoms with Gasteiger partial charge >= 0.3 is 5.69 Å². The zero-order valence-electron chi connectivity index (χ0n) is 16.9. The van der Waals surface area contributed by atoms with E-state index < -0.39 is 4.92 Å². The van der Waals surface area contributed by atoms with Gasteiger partial charge in [-0.1, -0.05) is 0 Å². The molecule has 3 aromatic rings. The van der Waals surface area contributed by atoms with Crippen molar-refractivity contribution in [2.24, 2.45) is 0 Å². The van der Waals surface area contributed by atoms with E-state index in [0.29, 0.717) is 23.6 Å². The minimum absolute atomic E-state index is 0.00614. The molecule has 11 nitrogen and oxygen atoms in total. The van der Waals surface area contributed by atoms with E-state index in [0.717, 1.165) is 17.8 Å². The number of amides is 1. The van der Waals surface area contributed by atoms with Gasteiger partial charge in [0, 0.05) is 30.4 Å². The summed E-state index contributed by atoms with van der Waals surface area (Å²) in [4.78, 5) is 22.9. The Morgan fingerprint density at radius 2 is 1.93 bits per heavy atom. The van der Waals surface area contributed by atoms with Crippen LogP contribution in [0.4, 0.5) is 11.4 Å². The zero-order chi connectivity index (χ0) is 21.1. The van der Waals surface area contributed by atoms with Gasteiger partial charge in [0.15, 0.2) is 0 Å². The Kier molecular flexibility index (Phi) is 5.76. The van der Waals surface area contributed by atoms with E-state index in [1.165, 1.54) is 4.68 Å². The second-order valence-corrected chi connectivity index (χ2v) is 6.80. The Bertz CT molecular complexity index is 1050. The molecular formula is C18H24N8O3. The summed E-state index contributed by atoms with van der Waals surface area (Å²) in [7, 11) is 0. The van der Waals surface area contributed by atoms with Crippen LogP contribution in [0.3, 0.4) is 0 Å². The number of carbonyl (C=O) groups is 1. The van der Waals surface area contributed by atoms with Crippen molar-refractivity contribution in [1.29, 1.82) is 0 Å². The van der Waals surface area contributed by atoms with Gasteiger partial charge in [-0.3, -0.25) is 29.0 Å². The van der Waals surface area contributed by atoms with Crippen molar-refractivity contribution in [1.82, 2.24) is 29.3 Å². The van der Waals surface area contributed by atoms with Gasteiger partial charge in [0.1, 0.15) is 11.4 Å². The zero-order valence-corrected chi connectivity index (χ0v) is 16.9. The normalized spacial score (nSPS) is 11.0. The highest BCUT2D eigenvalue weighted by Crippen LogP contribution is 2.22. The number of aromatic nitrogens is 6. The van der Waals surface area contributed by atoms with Crippen molar-refractivity contribution in [2.75, 3.05) is 5.32 Å². The Hall–Kier alpha value is -3.50. The van der Waals surface area contributed by atoms with E-state index in [-0.39, 0.29) is 24.6 Å². The first-order chi connectivity index (χ1) is 13.8.